The molecule has 0 saturated carbocycles. The third-order valence-electron chi connectivity index (χ3n) is 3.44. The lowest BCUT2D eigenvalue weighted by Gasteiger charge is -2.25. The van der Waals surface area contributed by atoms with Crippen molar-refractivity contribution < 1.29 is 9.18 Å². The van der Waals surface area contributed by atoms with E-state index < -0.39 is 5.82 Å². The molecule has 5 heteroatoms. The molecule has 1 atom stereocenters. The average molecular weight is 321 g/mol. The number of halogens is 2. The van der Waals surface area contributed by atoms with Gasteiger partial charge in [0.1, 0.15) is 5.82 Å². The molecule has 0 radical (unpaired) electrons. The van der Waals surface area contributed by atoms with E-state index in [1.807, 2.05) is 49.3 Å². The Bertz CT molecular complexity index is 646. The van der Waals surface area contributed by atoms with Crippen LogP contribution in [0.3, 0.4) is 0 Å². The molecule has 2 aromatic carbocycles. The molecule has 1 amide bonds. The predicted octanol–water partition coefficient (Wildman–Crippen LogP) is 3.51. The van der Waals surface area contributed by atoms with Gasteiger partial charge in [0.15, 0.2) is 0 Å². The molecule has 0 aliphatic rings. The van der Waals surface area contributed by atoms with Crippen molar-refractivity contribution in [3.63, 3.8) is 0 Å². The first kappa shape index (κ1) is 16.5. The maximum atomic E-state index is 13.0. The van der Waals surface area contributed by atoms with Crippen LogP contribution < -0.4 is 5.32 Å². The van der Waals surface area contributed by atoms with Crippen molar-refractivity contribution in [3.05, 3.63) is 70.5 Å². The number of carbonyl (C=O) groups excluding carboxylic acids is 1. The molecule has 0 aliphatic heterocycles. The molecule has 22 heavy (non-hydrogen) atoms. The van der Waals surface area contributed by atoms with Crippen LogP contribution in [-0.2, 0) is 0 Å². The Morgan fingerprint density at radius 2 is 1.91 bits per heavy atom. The van der Waals surface area contributed by atoms with Crippen LogP contribution in [0.15, 0.2) is 48.5 Å². The van der Waals surface area contributed by atoms with Crippen molar-refractivity contribution in [1.29, 1.82) is 0 Å². The van der Waals surface area contributed by atoms with Gasteiger partial charge < -0.3 is 10.2 Å². The molecule has 0 saturated heterocycles. The normalized spacial score (nSPS) is 12.2. The summed E-state index contributed by atoms with van der Waals surface area (Å²) in [7, 11) is 3.91. The van der Waals surface area contributed by atoms with E-state index in [0.717, 1.165) is 11.6 Å². The SMILES string of the molecule is CN(C)[C@H](CNC(=O)c1ccc(F)cc1Cl)c1ccccc1. The van der Waals surface area contributed by atoms with Gasteiger partial charge in [-0.1, -0.05) is 41.9 Å². The lowest BCUT2D eigenvalue weighted by atomic mass is 10.1. The summed E-state index contributed by atoms with van der Waals surface area (Å²) in [6, 6.07) is 13.7. The zero-order valence-electron chi connectivity index (χ0n) is 12.5. The maximum absolute atomic E-state index is 13.0. The van der Waals surface area contributed by atoms with Gasteiger partial charge in [0.25, 0.3) is 5.91 Å². The van der Waals surface area contributed by atoms with Gasteiger partial charge in [0.05, 0.1) is 16.6 Å². The summed E-state index contributed by atoms with van der Waals surface area (Å²) in [5, 5.41) is 2.96. The number of carbonyl (C=O) groups is 1. The number of rotatable bonds is 5. The van der Waals surface area contributed by atoms with Gasteiger partial charge >= 0.3 is 0 Å². The Morgan fingerprint density at radius 3 is 2.50 bits per heavy atom. The number of likely N-dealkylation sites (N-methyl/N-ethyl adjacent to an activating group) is 1. The first-order valence-corrected chi connectivity index (χ1v) is 7.31. The van der Waals surface area contributed by atoms with Crippen LogP contribution in [0.4, 0.5) is 4.39 Å². The molecule has 2 aromatic rings. The molecule has 0 aromatic heterocycles. The highest BCUT2D eigenvalue weighted by molar-refractivity contribution is 6.33. The fraction of sp³-hybridized carbons (Fsp3) is 0.235. The largest absolute Gasteiger partial charge is 0.350 e. The van der Waals surface area contributed by atoms with Crippen molar-refractivity contribution in [2.24, 2.45) is 0 Å². The van der Waals surface area contributed by atoms with Crippen molar-refractivity contribution in [2.75, 3.05) is 20.6 Å². The van der Waals surface area contributed by atoms with Gasteiger partial charge in [0.2, 0.25) is 0 Å². The number of amides is 1. The average Bonchev–Trinajstić information content (AvgIpc) is 2.48. The summed E-state index contributed by atoms with van der Waals surface area (Å²) in [4.78, 5) is 14.2. The standard InChI is InChI=1S/C17H18ClFN2O/c1-21(2)16(12-6-4-3-5-7-12)11-20-17(22)14-9-8-13(19)10-15(14)18/h3-10,16H,11H2,1-2H3,(H,20,22)/t16-/m1/s1. The highest BCUT2D eigenvalue weighted by Gasteiger charge is 2.17. The zero-order chi connectivity index (χ0) is 16.1. The summed E-state index contributed by atoms with van der Waals surface area (Å²) in [6.45, 7) is 0.434. The van der Waals surface area contributed by atoms with E-state index in [1.165, 1.54) is 12.1 Å². The van der Waals surface area contributed by atoms with Crippen molar-refractivity contribution in [3.8, 4) is 0 Å². The molecule has 116 valence electrons. The van der Waals surface area contributed by atoms with E-state index in [1.54, 1.807) is 0 Å². The summed E-state index contributed by atoms with van der Waals surface area (Å²) in [5.74, 6) is -0.773. The zero-order valence-corrected chi connectivity index (χ0v) is 13.3. The first-order chi connectivity index (χ1) is 10.5. The molecule has 0 unspecified atom stereocenters. The molecule has 2 rings (SSSR count). The second-order valence-corrected chi connectivity index (χ2v) is 5.63. The number of nitrogens with zero attached hydrogens (tertiary/aromatic N) is 1. The molecule has 0 bridgehead atoms. The van der Waals surface area contributed by atoms with E-state index in [9.17, 15) is 9.18 Å². The monoisotopic (exact) mass is 320 g/mol. The highest BCUT2D eigenvalue weighted by Crippen LogP contribution is 2.19. The van der Waals surface area contributed by atoms with E-state index >= 15 is 0 Å². The van der Waals surface area contributed by atoms with E-state index in [0.29, 0.717) is 6.54 Å². The number of benzene rings is 2. The summed E-state index contributed by atoms with van der Waals surface area (Å²) < 4.78 is 13.0. The number of hydrogen-bond donors (Lipinski definition) is 1. The fourth-order valence-corrected chi connectivity index (χ4v) is 2.49. The molecule has 0 heterocycles. The third kappa shape index (κ3) is 4.06. The second-order valence-electron chi connectivity index (χ2n) is 5.22. The summed E-state index contributed by atoms with van der Waals surface area (Å²) in [6.07, 6.45) is 0. The van der Waals surface area contributed by atoms with Gasteiger partial charge in [-0.3, -0.25) is 4.79 Å². The Balaban J connectivity index is 2.08. The first-order valence-electron chi connectivity index (χ1n) is 6.93. The lowest BCUT2D eigenvalue weighted by Crippen LogP contribution is -2.34. The molecule has 0 fully saturated rings. The maximum Gasteiger partial charge on any atom is 0.252 e. The van der Waals surface area contributed by atoms with Crippen LogP contribution in [0, 0.1) is 5.82 Å². The number of nitrogens with one attached hydrogen (secondary N) is 1. The Morgan fingerprint density at radius 1 is 1.23 bits per heavy atom. The minimum Gasteiger partial charge on any atom is -0.350 e. The van der Waals surface area contributed by atoms with Crippen LogP contribution in [0.5, 0.6) is 0 Å². The van der Waals surface area contributed by atoms with Crippen molar-refractivity contribution >= 4 is 17.5 Å². The van der Waals surface area contributed by atoms with Crippen LogP contribution >= 0.6 is 11.6 Å². The van der Waals surface area contributed by atoms with Gasteiger partial charge in [-0.15, -0.1) is 0 Å². The Hall–Kier alpha value is -1.91. The van der Waals surface area contributed by atoms with Crippen LogP contribution in [0.2, 0.25) is 5.02 Å². The Labute approximate surface area is 134 Å². The summed E-state index contributed by atoms with van der Waals surface area (Å²) >= 11 is 5.91. The molecule has 3 nitrogen and oxygen atoms in total. The van der Waals surface area contributed by atoms with Crippen molar-refractivity contribution in [2.45, 2.75) is 6.04 Å². The molecule has 0 aliphatic carbocycles. The van der Waals surface area contributed by atoms with E-state index in [-0.39, 0.29) is 22.5 Å². The molecule has 0 spiro atoms. The van der Waals surface area contributed by atoms with E-state index in [2.05, 4.69) is 5.32 Å². The highest BCUT2D eigenvalue weighted by atomic mass is 35.5. The van der Waals surface area contributed by atoms with Gasteiger partial charge in [-0.05, 0) is 37.9 Å². The smallest absolute Gasteiger partial charge is 0.252 e. The molecule has 1 N–H and O–H groups in total. The lowest BCUT2D eigenvalue weighted by molar-refractivity contribution is 0.0942. The van der Waals surface area contributed by atoms with Crippen molar-refractivity contribution in [1.82, 2.24) is 10.2 Å². The van der Waals surface area contributed by atoms with E-state index in [4.69, 9.17) is 11.6 Å². The van der Waals surface area contributed by atoms with Crippen LogP contribution in [0.1, 0.15) is 22.0 Å². The van der Waals surface area contributed by atoms with Crippen LogP contribution in [0.25, 0.3) is 0 Å². The summed E-state index contributed by atoms with van der Waals surface area (Å²) in [5.41, 5.74) is 1.38. The van der Waals surface area contributed by atoms with Gasteiger partial charge in [0, 0.05) is 6.54 Å². The molecular formula is C17H18ClFN2O. The van der Waals surface area contributed by atoms with Gasteiger partial charge in [-0.2, -0.15) is 0 Å². The number of hydrogen-bond acceptors (Lipinski definition) is 2. The predicted molar refractivity (Wildman–Crippen MR) is 86.6 cm³/mol. The minimum atomic E-state index is -0.461. The Kier molecular flexibility index (Phi) is 5.52. The van der Waals surface area contributed by atoms with Crippen LogP contribution in [-0.4, -0.2) is 31.4 Å². The quantitative estimate of drug-likeness (QED) is 0.914. The topological polar surface area (TPSA) is 32.3 Å². The molecular weight excluding hydrogens is 303 g/mol. The fourth-order valence-electron chi connectivity index (χ4n) is 2.23. The third-order valence-corrected chi connectivity index (χ3v) is 3.75. The second kappa shape index (κ2) is 7.38. The minimum absolute atomic E-state index is 0.0457. The van der Waals surface area contributed by atoms with Gasteiger partial charge in [-0.25, -0.2) is 4.39 Å².